The maximum Gasteiger partial charge on any atom is 0.255 e. The van der Waals surface area contributed by atoms with E-state index in [1.165, 1.54) is 54.2 Å². The molecule has 0 aliphatic carbocycles. The molecular formula is C34H48ClN5O4S. The summed E-state index contributed by atoms with van der Waals surface area (Å²) < 4.78 is 28.1. The summed E-state index contributed by atoms with van der Waals surface area (Å²) in [5.74, 6) is -0.0519. The van der Waals surface area contributed by atoms with Crippen LogP contribution in [0.25, 0.3) is 0 Å². The normalized spacial score (nSPS) is 16.0. The number of nitrogens with one attached hydrogen (secondary N) is 1. The van der Waals surface area contributed by atoms with Crippen molar-refractivity contribution in [1.82, 2.24) is 15.1 Å². The number of halogens is 1. The van der Waals surface area contributed by atoms with Crippen LogP contribution in [-0.2, 0) is 22.9 Å². The topological polar surface area (TPSA) is 108 Å². The quantitative estimate of drug-likeness (QED) is 0.321. The van der Waals surface area contributed by atoms with Gasteiger partial charge in [-0.25, -0.2) is 13.6 Å². The number of carbonyl (C=O) groups excluding carboxylic acids is 1. The number of methoxy groups -OCH3 is 1. The Balaban J connectivity index is 0.000000241. The van der Waals surface area contributed by atoms with Crippen LogP contribution in [0.2, 0.25) is 0 Å². The van der Waals surface area contributed by atoms with Crippen molar-refractivity contribution < 1.29 is 17.9 Å². The van der Waals surface area contributed by atoms with Crippen LogP contribution in [0.4, 0.5) is 11.4 Å². The second kappa shape index (κ2) is 17.0. The van der Waals surface area contributed by atoms with Crippen LogP contribution in [0.1, 0.15) is 47.7 Å². The van der Waals surface area contributed by atoms with Crippen LogP contribution in [0.3, 0.4) is 0 Å². The highest BCUT2D eigenvalue weighted by atomic mass is 35.5. The number of carbonyl (C=O) groups is 1. The van der Waals surface area contributed by atoms with Crippen molar-refractivity contribution in [3.05, 3.63) is 83.4 Å². The molecule has 1 amide bonds. The molecule has 45 heavy (non-hydrogen) atoms. The van der Waals surface area contributed by atoms with Gasteiger partial charge in [0.05, 0.1) is 17.6 Å². The molecule has 1 fully saturated rings. The van der Waals surface area contributed by atoms with Gasteiger partial charge >= 0.3 is 0 Å². The zero-order valence-electron chi connectivity index (χ0n) is 26.9. The number of anilines is 2. The van der Waals surface area contributed by atoms with Crippen LogP contribution in [0.15, 0.2) is 71.6 Å². The van der Waals surface area contributed by atoms with Crippen LogP contribution in [0.5, 0.6) is 5.75 Å². The number of nitrogens with zero attached hydrogens (tertiary/aromatic N) is 3. The highest BCUT2D eigenvalue weighted by Gasteiger charge is 2.25. The Kier molecular flexibility index (Phi) is 13.7. The molecule has 1 saturated heterocycles. The van der Waals surface area contributed by atoms with Gasteiger partial charge in [0.15, 0.2) is 0 Å². The number of hydrogen-bond donors (Lipinski definition) is 2. The summed E-state index contributed by atoms with van der Waals surface area (Å²) in [6, 6.07) is 22.0. The number of para-hydroxylation sites is 2. The smallest absolute Gasteiger partial charge is 0.255 e. The second-order valence-corrected chi connectivity index (χ2v) is 13.2. The highest BCUT2D eigenvalue weighted by Crippen LogP contribution is 2.35. The van der Waals surface area contributed by atoms with Crippen molar-refractivity contribution in [2.24, 2.45) is 5.14 Å². The molecule has 3 aromatic carbocycles. The number of likely N-dealkylation sites (N-methyl/N-ethyl adjacent to an activating group) is 1. The van der Waals surface area contributed by atoms with E-state index in [0.717, 1.165) is 51.9 Å². The van der Waals surface area contributed by atoms with E-state index in [-0.39, 0.29) is 28.8 Å². The van der Waals surface area contributed by atoms with E-state index in [2.05, 4.69) is 89.6 Å². The van der Waals surface area contributed by atoms with Gasteiger partial charge in [-0.1, -0.05) is 43.3 Å². The third-order valence-electron chi connectivity index (χ3n) is 8.36. The summed E-state index contributed by atoms with van der Waals surface area (Å²) in [5, 5.41) is 7.98. The first-order valence-electron chi connectivity index (χ1n) is 15.4. The molecule has 11 heteroatoms. The van der Waals surface area contributed by atoms with Gasteiger partial charge < -0.3 is 19.9 Å². The second-order valence-electron chi connectivity index (χ2n) is 11.6. The summed E-state index contributed by atoms with van der Waals surface area (Å²) in [5.41, 5.74) is 5.89. The average molecular weight is 658 g/mol. The van der Waals surface area contributed by atoms with Gasteiger partial charge in [-0.2, -0.15) is 0 Å². The maximum atomic E-state index is 12.4. The van der Waals surface area contributed by atoms with Crippen LogP contribution in [-0.4, -0.2) is 84.1 Å². The predicted octanol–water partition coefficient (Wildman–Crippen LogP) is 4.85. The zero-order valence-corrected chi connectivity index (χ0v) is 28.5. The van der Waals surface area contributed by atoms with Crippen LogP contribution in [0, 0.1) is 0 Å². The van der Waals surface area contributed by atoms with E-state index in [1.54, 1.807) is 0 Å². The average Bonchev–Trinajstić information content (AvgIpc) is 3.42. The number of sulfonamides is 1. The summed E-state index contributed by atoms with van der Waals surface area (Å²) in [6.07, 6.45) is 5.62. The number of benzene rings is 3. The van der Waals surface area contributed by atoms with Crippen molar-refractivity contribution in [3.8, 4) is 5.75 Å². The molecule has 0 bridgehead atoms. The number of fused-ring (bicyclic) bond motifs is 2. The number of hydrogen-bond acceptors (Lipinski definition) is 7. The minimum Gasteiger partial charge on any atom is -0.496 e. The minimum absolute atomic E-state index is 0. The van der Waals surface area contributed by atoms with Crippen molar-refractivity contribution in [2.75, 3.05) is 58.8 Å². The third kappa shape index (κ3) is 9.67. The fourth-order valence-corrected chi connectivity index (χ4v) is 6.59. The standard InChI is InChI=1S/C19H24N2.C15H23N3O4S.ClH/c1-20(2)14-7-15-21-18-10-5-3-8-16(18)12-13-17-9-4-6-11-19(17)21;1-3-18-8-4-5-11(18)10-17-15(19)13-9-12(23(16,20)21)6-7-14(13)22-2;/h3-6,8-11H,7,12-15H2,1-2H3;6-7,9,11H,3-5,8,10H2,1-2H3,(H,17,19)(H2,16,20,21);1H. The minimum atomic E-state index is -3.87. The molecule has 0 spiro atoms. The molecule has 1 unspecified atom stereocenters. The van der Waals surface area contributed by atoms with Crippen LogP contribution >= 0.6 is 12.4 Å². The lowest BCUT2D eigenvalue weighted by Crippen LogP contribution is -2.40. The SMILES string of the molecule is CCN1CCCC1CNC(=O)c1cc(S(N)(=O)=O)ccc1OC.CN(C)CCCN1c2ccccc2CCc2ccccc21.Cl. The van der Waals surface area contributed by atoms with E-state index < -0.39 is 10.0 Å². The summed E-state index contributed by atoms with van der Waals surface area (Å²) >= 11 is 0. The Morgan fingerprint density at radius 3 is 2.20 bits per heavy atom. The molecule has 9 nitrogen and oxygen atoms in total. The Labute approximate surface area is 275 Å². The van der Waals surface area contributed by atoms with Gasteiger partial charge in [0.1, 0.15) is 5.75 Å². The van der Waals surface area contributed by atoms with Gasteiger partial charge in [0, 0.05) is 30.5 Å². The van der Waals surface area contributed by atoms with Crippen molar-refractivity contribution in [1.29, 1.82) is 0 Å². The molecule has 246 valence electrons. The number of aryl methyl sites for hydroxylation is 2. The molecule has 5 rings (SSSR count). The number of ether oxygens (including phenoxy) is 1. The van der Waals surface area contributed by atoms with E-state index in [1.807, 2.05) is 0 Å². The first-order valence-corrected chi connectivity index (χ1v) is 17.0. The Hall–Kier alpha value is -3.15. The lowest BCUT2D eigenvalue weighted by Gasteiger charge is -2.27. The molecular weight excluding hydrogens is 610 g/mol. The molecule has 2 aliphatic heterocycles. The third-order valence-corrected chi connectivity index (χ3v) is 9.27. The first kappa shape index (κ1) is 36.3. The number of rotatable bonds is 10. The molecule has 0 aromatic heterocycles. The van der Waals surface area contributed by atoms with Crippen molar-refractivity contribution >= 4 is 39.7 Å². The van der Waals surface area contributed by atoms with Gasteiger partial charge in [-0.3, -0.25) is 9.69 Å². The zero-order chi connectivity index (χ0) is 31.7. The molecule has 2 heterocycles. The number of primary sulfonamides is 1. The summed E-state index contributed by atoms with van der Waals surface area (Å²) in [4.78, 5) is 19.4. The van der Waals surface area contributed by atoms with Gasteiger partial charge in [-0.05, 0) is 107 Å². The van der Waals surface area contributed by atoms with E-state index >= 15 is 0 Å². The Morgan fingerprint density at radius 1 is 1.02 bits per heavy atom. The maximum absolute atomic E-state index is 12.4. The number of likely N-dealkylation sites (tertiary alicyclic amines) is 1. The molecule has 3 N–H and O–H groups in total. The fraction of sp³-hybridized carbons (Fsp3) is 0.441. The highest BCUT2D eigenvalue weighted by molar-refractivity contribution is 7.89. The Bertz CT molecular complexity index is 1470. The van der Waals surface area contributed by atoms with Gasteiger partial charge in [-0.15, -0.1) is 12.4 Å². The Morgan fingerprint density at radius 2 is 1.64 bits per heavy atom. The monoisotopic (exact) mass is 657 g/mol. The molecule has 1 atom stereocenters. The molecule has 2 aliphatic rings. The lowest BCUT2D eigenvalue weighted by molar-refractivity contribution is 0.0938. The van der Waals surface area contributed by atoms with E-state index in [9.17, 15) is 13.2 Å². The summed E-state index contributed by atoms with van der Waals surface area (Å²) in [7, 11) is 1.84. The van der Waals surface area contributed by atoms with E-state index in [0.29, 0.717) is 18.3 Å². The van der Waals surface area contributed by atoms with Gasteiger partial charge in [0.25, 0.3) is 5.91 Å². The fourth-order valence-electron chi connectivity index (χ4n) is 6.05. The molecule has 0 saturated carbocycles. The lowest BCUT2D eigenvalue weighted by atomic mass is 10.0. The number of nitrogens with two attached hydrogens (primary N) is 1. The first-order chi connectivity index (χ1) is 21.1. The largest absolute Gasteiger partial charge is 0.496 e. The molecule has 3 aromatic rings. The van der Waals surface area contributed by atoms with Gasteiger partial charge in [0.2, 0.25) is 10.0 Å². The predicted molar refractivity (Wildman–Crippen MR) is 185 cm³/mol. The van der Waals surface area contributed by atoms with Crippen molar-refractivity contribution in [3.63, 3.8) is 0 Å². The van der Waals surface area contributed by atoms with Crippen LogP contribution < -0.4 is 20.1 Å². The van der Waals surface area contributed by atoms with Crippen molar-refractivity contribution in [2.45, 2.75) is 50.0 Å². The number of amides is 1. The van der Waals surface area contributed by atoms with E-state index in [4.69, 9.17) is 9.88 Å². The molecule has 0 radical (unpaired) electrons. The summed E-state index contributed by atoms with van der Waals surface area (Å²) in [6.45, 7) is 6.81.